The number of piperazine rings is 1. The molecule has 2 saturated heterocycles. The van der Waals surface area contributed by atoms with Crippen molar-refractivity contribution >= 4 is 33.7 Å². The number of halogens is 1. The first-order valence-electron chi connectivity index (χ1n) is 15.4. The molecule has 2 fully saturated rings. The lowest BCUT2D eigenvalue weighted by molar-refractivity contribution is 0.278. The second-order valence-electron chi connectivity index (χ2n) is 12.3. The molecule has 0 spiro atoms. The number of hydrogen-bond donors (Lipinski definition) is 2. The van der Waals surface area contributed by atoms with Gasteiger partial charge in [-0.25, -0.2) is 14.4 Å². The lowest BCUT2D eigenvalue weighted by Crippen LogP contribution is -2.52. The van der Waals surface area contributed by atoms with Crippen LogP contribution in [0.15, 0.2) is 70.0 Å². The Balaban J connectivity index is 1.28. The van der Waals surface area contributed by atoms with Crippen LogP contribution in [0.5, 0.6) is 5.75 Å². The Morgan fingerprint density at radius 2 is 1.89 bits per heavy atom. The number of phenols is 1. The van der Waals surface area contributed by atoms with Crippen LogP contribution in [0.4, 0.5) is 4.39 Å². The van der Waals surface area contributed by atoms with Gasteiger partial charge in [-0.2, -0.15) is 4.99 Å². The molecule has 232 valence electrons. The van der Waals surface area contributed by atoms with Crippen molar-refractivity contribution in [3.05, 3.63) is 82.6 Å². The number of terminal acetylenes is 1. The predicted octanol–water partition coefficient (Wildman–Crippen LogP) is 6.21. The number of nitrogens with zero attached hydrogens (tertiary/aromatic N) is 5. The highest BCUT2D eigenvalue weighted by atomic mass is 19.1. The molecular formula is C36H39FN6O2. The summed E-state index contributed by atoms with van der Waals surface area (Å²) in [5.41, 5.74) is 5.95. The van der Waals surface area contributed by atoms with Gasteiger partial charge >= 0.3 is 0 Å². The summed E-state index contributed by atoms with van der Waals surface area (Å²) in [5.74, 6) is 3.34. The maximum absolute atomic E-state index is 14.7. The van der Waals surface area contributed by atoms with E-state index in [4.69, 9.17) is 21.1 Å². The second kappa shape index (κ2) is 12.7. The zero-order chi connectivity index (χ0) is 31.7. The number of aryl methyl sites for hydroxylation is 2. The van der Waals surface area contributed by atoms with Crippen LogP contribution >= 0.6 is 0 Å². The maximum Gasteiger partial charge on any atom is 0.228 e. The highest BCUT2D eigenvalue weighted by Crippen LogP contribution is 2.31. The standard InChI is InChI=1S/C36H39FN6O2/c1-6-30-31(37)12-8-25-16-29(44)17-26(35(25)30)9-14-32(22(2)3)41-36(43-18-27-10-11-28(19-43)40-27)39-23(4)45-20-24-7-13-33-34(15-24)42(5)21-38-33/h1,7-8,12-13,15-17,21,27-28,40,44H,9-11,14,18-20H2,2-5H3/b39-23+,41-36?. The van der Waals surface area contributed by atoms with E-state index in [9.17, 15) is 9.50 Å². The van der Waals surface area contributed by atoms with Crippen LogP contribution < -0.4 is 5.32 Å². The van der Waals surface area contributed by atoms with Gasteiger partial charge in [0.1, 0.15) is 18.2 Å². The van der Waals surface area contributed by atoms with Crippen molar-refractivity contribution in [1.82, 2.24) is 19.8 Å². The molecule has 1 aromatic heterocycles. The first-order chi connectivity index (χ1) is 21.7. The van der Waals surface area contributed by atoms with Crippen molar-refractivity contribution in [3.63, 3.8) is 0 Å². The molecule has 4 aromatic rings. The maximum atomic E-state index is 14.7. The van der Waals surface area contributed by atoms with Crippen LogP contribution in [0.25, 0.3) is 21.8 Å². The second-order valence-corrected chi connectivity index (χ2v) is 12.3. The van der Waals surface area contributed by atoms with Crippen molar-refractivity contribution in [3.8, 4) is 18.1 Å². The first-order valence-corrected chi connectivity index (χ1v) is 15.4. The largest absolute Gasteiger partial charge is 0.508 e. The number of benzene rings is 3. The van der Waals surface area contributed by atoms with Crippen LogP contribution in [0, 0.1) is 18.2 Å². The highest BCUT2D eigenvalue weighted by molar-refractivity contribution is 5.94. The number of phenolic OH excluding ortho intramolecular Hbond substituents is 1. The molecule has 9 heteroatoms. The Morgan fingerprint density at radius 3 is 2.62 bits per heavy atom. The van der Waals surface area contributed by atoms with E-state index in [0.717, 1.165) is 59.4 Å². The lowest BCUT2D eigenvalue weighted by atomic mass is 9.95. The molecule has 2 atom stereocenters. The van der Waals surface area contributed by atoms with Gasteiger partial charge in [0, 0.05) is 50.2 Å². The van der Waals surface area contributed by atoms with E-state index in [1.54, 1.807) is 18.2 Å². The molecule has 2 N–H and O–H groups in total. The van der Waals surface area contributed by atoms with Gasteiger partial charge in [0.15, 0.2) is 5.90 Å². The van der Waals surface area contributed by atoms with Gasteiger partial charge in [0.05, 0.1) is 22.9 Å². The molecule has 0 amide bonds. The quantitative estimate of drug-likeness (QED) is 0.155. The van der Waals surface area contributed by atoms with Gasteiger partial charge in [-0.1, -0.05) is 23.6 Å². The summed E-state index contributed by atoms with van der Waals surface area (Å²) in [5, 5.41) is 15.5. The van der Waals surface area contributed by atoms with Crippen LogP contribution in [-0.4, -0.2) is 56.6 Å². The van der Waals surface area contributed by atoms with Crippen molar-refractivity contribution in [1.29, 1.82) is 0 Å². The van der Waals surface area contributed by atoms with Crippen molar-refractivity contribution in [2.45, 2.75) is 65.1 Å². The van der Waals surface area contributed by atoms with E-state index < -0.39 is 5.82 Å². The first kappa shape index (κ1) is 30.4. The Morgan fingerprint density at radius 1 is 1.11 bits per heavy atom. The normalized spacial score (nSPS) is 18.4. The summed E-state index contributed by atoms with van der Waals surface area (Å²) in [7, 11) is 1.98. The number of allylic oxidation sites excluding steroid dienone is 2. The molecule has 2 aliphatic heterocycles. The molecule has 8 nitrogen and oxygen atoms in total. The summed E-state index contributed by atoms with van der Waals surface area (Å²) in [6, 6.07) is 13.2. The number of aromatic hydroxyl groups is 1. The summed E-state index contributed by atoms with van der Waals surface area (Å²) in [4.78, 5) is 16.7. The summed E-state index contributed by atoms with van der Waals surface area (Å²) in [6.45, 7) is 7.96. The van der Waals surface area contributed by atoms with E-state index >= 15 is 0 Å². The molecule has 45 heavy (non-hydrogen) atoms. The van der Waals surface area contributed by atoms with E-state index in [0.29, 0.717) is 54.2 Å². The average molecular weight is 607 g/mol. The molecule has 3 heterocycles. The molecular weight excluding hydrogens is 567 g/mol. The summed E-state index contributed by atoms with van der Waals surface area (Å²) >= 11 is 0. The third-order valence-corrected chi connectivity index (χ3v) is 8.72. The fourth-order valence-corrected chi connectivity index (χ4v) is 6.39. The van der Waals surface area contributed by atoms with Crippen molar-refractivity contribution in [2.24, 2.45) is 17.0 Å². The lowest BCUT2D eigenvalue weighted by Gasteiger charge is -2.33. The van der Waals surface area contributed by atoms with Gasteiger partial charge in [0.2, 0.25) is 5.96 Å². The minimum absolute atomic E-state index is 0.117. The van der Waals surface area contributed by atoms with Gasteiger partial charge in [-0.3, -0.25) is 0 Å². The van der Waals surface area contributed by atoms with E-state index in [-0.39, 0.29) is 11.3 Å². The predicted molar refractivity (Wildman–Crippen MR) is 178 cm³/mol. The number of likely N-dealkylation sites (tertiary alicyclic amines) is 1. The number of aromatic nitrogens is 2. The Labute approximate surface area is 263 Å². The monoisotopic (exact) mass is 606 g/mol. The Hall–Kier alpha value is -4.68. The number of fused-ring (bicyclic) bond motifs is 4. The van der Waals surface area contributed by atoms with E-state index in [1.165, 1.54) is 6.07 Å². The minimum atomic E-state index is -0.446. The molecule has 6 rings (SSSR count). The molecule has 0 aliphatic carbocycles. The van der Waals surface area contributed by atoms with Crippen LogP contribution in [0.2, 0.25) is 0 Å². The Kier molecular flexibility index (Phi) is 8.59. The fourth-order valence-electron chi connectivity index (χ4n) is 6.39. The average Bonchev–Trinajstić information content (AvgIpc) is 3.56. The number of guanidine groups is 1. The Bertz CT molecular complexity index is 1880. The van der Waals surface area contributed by atoms with Crippen molar-refractivity contribution in [2.75, 3.05) is 13.1 Å². The summed E-state index contributed by atoms with van der Waals surface area (Å²) < 4.78 is 22.8. The van der Waals surface area contributed by atoms with Crippen LogP contribution in [-0.2, 0) is 24.8 Å². The summed E-state index contributed by atoms with van der Waals surface area (Å²) in [6.07, 6.45) is 10.9. The molecule has 2 bridgehead atoms. The molecule has 2 unspecified atom stereocenters. The van der Waals surface area contributed by atoms with Crippen LogP contribution in [0.3, 0.4) is 0 Å². The van der Waals surface area contributed by atoms with Crippen molar-refractivity contribution < 1.29 is 14.2 Å². The number of aliphatic imine (C=N–C) groups is 2. The zero-order valence-electron chi connectivity index (χ0n) is 26.3. The fraction of sp³-hybridized carbons (Fsp3) is 0.361. The highest BCUT2D eigenvalue weighted by Gasteiger charge is 2.33. The van der Waals surface area contributed by atoms with Gasteiger partial charge in [-0.05, 0) is 86.4 Å². The smallest absolute Gasteiger partial charge is 0.228 e. The number of imidazole rings is 1. The zero-order valence-corrected chi connectivity index (χ0v) is 26.3. The molecule has 0 radical (unpaired) electrons. The molecule has 2 aliphatic rings. The van der Waals surface area contributed by atoms with Crippen LogP contribution in [0.1, 0.15) is 56.7 Å². The number of hydrogen-bond acceptors (Lipinski definition) is 5. The number of ether oxygens (including phenoxy) is 1. The minimum Gasteiger partial charge on any atom is -0.508 e. The van der Waals surface area contributed by atoms with Gasteiger partial charge in [-0.15, -0.1) is 6.42 Å². The van der Waals surface area contributed by atoms with Gasteiger partial charge < -0.3 is 24.6 Å². The third-order valence-electron chi connectivity index (χ3n) is 8.72. The SMILES string of the molecule is C#Cc1c(F)ccc2cc(O)cc(CCC(N=C(/N=C(\C)OCc3ccc4ncn(C)c4c3)N3CC4CCC(C3)N4)=C(C)C)c12. The molecule has 3 aromatic carbocycles. The van der Waals surface area contributed by atoms with Gasteiger partial charge in [0.25, 0.3) is 0 Å². The topological polar surface area (TPSA) is 87.3 Å². The van der Waals surface area contributed by atoms with E-state index in [1.807, 2.05) is 50.8 Å². The number of nitrogens with one attached hydrogen (secondary N) is 1. The van der Waals surface area contributed by atoms with E-state index in [2.05, 4.69) is 27.2 Å². The third kappa shape index (κ3) is 6.57. The molecule has 0 saturated carbocycles. The number of rotatable bonds is 6.